The van der Waals surface area contributed by atoms with Crippen LogP contribution in [-0.2, 0) is 6.54 Å². The molecule has 0 radical (unpaired) electrons. The average Bonchev–Trinajstić information content (AvgIpc) is 2.56. The highest BCUT2D eigenvalue weighted by Gasteiger charge is 2.10. The summed E-state index contributed by atoms with van der Waals surface area (Å²) in [4.78, 5) is 16.5. The Morgan fingerprint density at radius 2 is 2.07 bits per heavy atom. The number of halogens is 1. The van der Waals surface area contributed by atoms with Crippen LogP contribution in [0.25, 0.3) is 0 Å². The van der Waals surface area contributed by atoms with Crippen LogP contribution in [0.15, 0.2) is 10.7 Å². The molecule has 0 fully saturated rings. The zero-order valence-corrected chi connectivity index (χ0v) is 11.0. The summed E-state index contributed by atoms with van der Waals surface area (Å²) in [5.41, 5.74) is 1.81. The lowest BCUT2D eigenvalue weighted by Gasteiger charge is -2.17. The SMILES string of the molecule is CCN(CC)Cc1cc(C(C)=O)[nH]c1Br. The second-order valence-electron chi connectivity index (χ2n) is 3.54. The molecule has 15 heavy (non-hydrogen) atoms. The van der Waals surface area contributed by atoms with Crippen molar-refractivity contribution in [1.82, 2.24) is 9.88 Å². The quantitative estimate of drug-likeness (QED) is 0.837. The Kier molecular flexibility index (Phi) is 4.54. The molecule has 4 heteroatoms. The van der Waals surface area contributed by atoms with Gasteiger partial charge in [-0.25, -0.2) is 0 Å². The number of aromatic nitrogens is 1. The molecule has 3 nitrogen and oxygen atoms in total. The third kappa shape index (κ3) is 3.18. The highest BCUT2D eigenvalue weighted by atomic mass is 79.9. The minimum Gasteiger partial charge on any atom is -0.347 e. The van der Waals surface area contributed by atoms with Gasteiger partial charge in [0.1, 0.15) is 0 Å². The molecule has 0 saturated heterocycles. The van der Waals surface area contributed by atoms with Crippen molar-refractivity contribution in [3.8, 4) is 0 Å². The van der Waals surface area contributed by atoms with Crippen molar-refractivity contribution in [3.05, 3.63) is 21.9 Å². The molecule has 0 aliphatic rings. The summed E-state index contributed by atoms with van der Waals surface area (Å²) in [6.07, 6.45) is 0. The van der Waals surface area contributed by atoms with Crippen LogP contribution in [0, 0.1) is 0 Å². The molecule has 1 heterocycles. The zero-order valence-electron chi connectivity index (χ0n) is 9.43. The van der Waals surface area contributed by atoms with Gasteiger partial charge in [0, 0.05) is 13.5 Å². The first kappa shape index (κ1) is 12.5. The van der Waals surface area contributed by atoms with Crippen molar-refractivity contribution in [2.75, 3.05) is 13.1 Å². The van der Waals surface area contributed by atoms with Crippen LogP contribution >= 0.6 is 15.9 Å². The molecular weight excluding hydrogens is 256 g/mol. The lowest BCUT2D eigenvalue weighted by atomic mass is 10.2. The highest BCUT2D eigenvalue weighted by Crippen LogP contribution is 2.19. The minimum absolute atomic E-state index is 0.0708. The predicted molar refractivity (Wildman–Crippen MR) is 65.1 cm³/mol. The van der Waals surface area contributed by atoms with Gasteiger partial charge >= 0.3 is 0 Å². The second-order valence-corrected chi connectivity index (χ2v) is 4.33. The van der Waals surface area contributed by atoms with Crippen molar-refractivity contribution in [2.24, 2.45) is 0 Å². The van der Waals surface area contributed by atoms with E-state index in [1.54, 1.807) is 6.92 Å². The predicted octanol–water partition coefficient (Wildman–Crippen LogP) is 2.82. The normalized spacial score (nSPS) is 11.0. The molecule has 0 unspecified atom stereocenters. The van der Waals surface area contributed by atoms with Crippen LogP contribution in [0.5, 0.6) is 0 Å². The maximum Gasteiger partial charge on any atom is 0.175 e. The number of H-pyrrole nitrogens is 1. The van der Waals surface area contributed by atoms with Gasteiger partial charge in [-0.15, -0.1) is 0 Å². The van der Waals surface area contributed by atoms with Crippen molar-refractivity contribution < 1.29 is 4.79 Å². The summed E-state index contributed by atoms with van der Waals surface area (Å²) in [5.74, 6) is 0.0708. The molecule has 0 aliphatic heterocycles. The first-order chi connectivity index (χ1) is 7.08. The summed E-state index contributed by atoms with van der Waals surface area (Å²) in [5, 5.41) is 0. The Morgan fingerprint density at radius 3 is 2.47 bits per heavy atom. The minimum atomic E-state index is 0.0708. The number of Topliss-reactive ketones (excluding diaryl/α,β-unsaturated/α-hetero) is 1. The third-order valence-electron chi connectivity index (χ3n) is 2.51. The topological polar surface area (TPSA) is 36.1 Å². The van der Waals surface area contributed by atoms with Gasteiger partial charge in [-0.3, -0.25) is 9.69 Å². The summed E-state index contributed by atoms with van der Waals surface area (Å²) in [6.45, 7) is 8.75. The van der Waals surface area contributed by atoms with E-state index in [4.69, 9.17) is 0 Å². The average molecular weight is 273 g/mol. The largest absolute Gasteiger partial charge is 0.347 e. The Morgan fingerprint density at radius 1 is 1.47 bits per heavy atom. The van der Waals surface area contributed by atoms with Gasteiger partial charge in [0.15, 0.2) is 5.78 Å². The molecule has 0 amide bonds. The zero-order chi connectivity index (χ0) is 11.4. The van der Waals surface area contributed by atoms with Gasteiger partial charge in [0.2, 0.25) is 0 Å². The fourth-order valence-corrected chi connectivity index (χ4v) is 1.92. The fraction of sp³-hybridized carbons (Fsp3) is 0.545. The summed E-state index contributed by atoms with van der Waals surface area (Å²) in [7, 11) is 0. The number of nitrogens with zero attached hydrogens (tertiary/aromatic N) is 1. The Hall–Kier alpha value is -0.610. The molecule has 1 rings (SSSR count). The van der Waals surface area contributed by atoms with Gasteiger partial charge in [-0.2, -0.15) is 0 Å². The number of carbonyl (C=O) groups excluding carboxylic acids is 1. The van der Waals surface area contributed by atoms with Crippen LogP contribution < -0.4 is 0 Å². The molecular formula is C11H17BrN2O. The number of carbonyl (C=O) groups is 1. The van der Waals surface area contributed by atoms with E-state index in [0.717, 1.165) is 29.8 Å². The number of nitrogens with one attached hydrogen (secondary N) is 1. The first-order valence-corrected chi connectivity index (χ1v) is 5.98. The molecule has 1 aromatic rings. The first-order valence-electron chi connectivity index (χ1n) is 5.19. The molecule has 1 N–H and O–H groups in total. The maximum absolute atomic E-state index is 11.2. The Labute approximate surface area is 99.0 Å². The van der Waals surface area contributed by atoms with E-state index >= 15 is 0 Å². The van der Waals surface area contributed by atoms with Gasteiger partial charge in [-0.1, -0.05) is 13.8 Å². The number of hydrogen-bond donors (Lipinski definition) is 1. The van der Waals surface area contributed by atoms with Crippen LogP contribution in [0.2, 0.25) is 0 Å². The highest BCUT2D eigenvalue weighted by molar-refractivity contribution is 9.10. The monoisotopic (exact) mass is 272 g/mol. The fourth-order valence-electron chi connectivity index (χ4n) is 1.47. The van der Waals surface area contributed by atoms with Crippen molar-refractivity contribution in [1.29, 1.82) is 0 Å². The Balaban J connectivity index is 2.81. The number of hydrogen-bond acceptors (Lipinski definition) is 2. The molecule has 0 aliphatic carbocycles. The third-order valence-corrected chi connectivity index (χ3v) is 3.22. The van der Waals surface area contributed by atoms with Crippen molar-refractivity contribution >= 4 is 21.7 Å². The Bertz CT molecular complexity index is 342. The van der Waals surface area contributed by atoms with Crippen LogP contribution in [0.1, 0.15) is 36.8 Å². The molecule has 0 atom stereocenters. The lowest BCUT2D eigenvalue weighted by Crippen LogP contribution is -2.21. The van der Waals surface area contributed by atoms with Crippen LogP contribution in [-0.4, -0.2) is 28.8 Å². The molecule has 84 valence electrons. The standard InChI is InChI=1S/C11H17BrN2O/c1-4-14(5-2)7-9-6-10(8(3)15)13-11(9)12/h6,13H,4-5,7H2,1-3H3. The number of ketones is 1. The van der Waals surface area contributed by atoms with E-state index in [1.165, 1.54) is 0 Å². The van der Waals surface area contributed by atoms with Gasteiger partial charge < -0.3 is 4.98 Å². The van der Waals surface area contributed by atoms with Crippen molar-refractivity contribution in [3.63, 3.8) is 0 Å². The molecule has 0 saturated carbocycles. The van der Waals surface area contributed by atoms with E-state index in [0.29, 0.717) is 5.69 Å². The van der Waals surface area contributed by atoms with Gasteiger partial charge in [-0.05, 0) is 40.6 Å². The van der Waals surface area contributed by atoms with E-state index < -0.39 is 0 Å². The maximum atomic E-state index is 11.2. The number of rotatable bonds is 5. The van der Waals surface area contributed by atoms with E-state index in [1.807, 2.05) is 6.07 Å². The molecule has 0 spiro atoms. The van der Waals surface area contributed by atoms with E-state index in [9.17, 15) is 4.79 Å². The van der Waals surface area contributed by atoms with E-state index in [2.05, 4.69) is 39.7 Å². The summed E-state index contributed by atoms with van der Waals surface area (Å²) in [6, 6.07) is 1.92. The van der Waals surface area contributed by atoms with Crippen LogP contribution in [0.4, 0.5) is 0 Å². The summed E-state index contributed by atoms with van der Waals surface area (Å²) >= 11 is 3.44. The van der Waals surface area contributed by atoms with Gasteiger partial charge in [0.25, 0.3) is 0 Å². The molecule has 0 aromatic carbocycles. The lowest BCUT2D eigenvalue weighted by molar-refractivity contribution is 0.101. The van der Waals surface area contributed by atoms with E-state index in [-0.39, 0.29) is 5.78 Å². The molecule has 0 bridgehead atoms. The van der Waals surface area contributed by atoms with Crippen molar-refractivity contribution in [2.45, 2.75) is 27.3 Å². The number of aromatic amines is 1. The summed E-state index contributed by atoms with van der Waals surface area (Å²) < 4.78 is 0.916. The van der Waals surface area contributed by atoms with Crippen LogP contribution in [0.3, 0.4) is 0 Å². The second kappa shape index (κ2) is 5.47. The molecule has 1 aromatic heterocycles. The smallest absolute Gasteiger partial charge is 0.175 e. The van der Waals surface area contributed by atoms with Gasteiger partial charge in [0.05, 0.1) is 10.3 Å².